The first-order chi connectivity index (χ1) is 49.1. The number of hydrogen-bond donors (Lipinski definition) is 3. The van der Waals surface area contributed by atoms with Crippen LogP contribution in [0.4, 0.5) is 0 Å². The zero-order valence-electron chi connectivity index (χ0n) is 65.5. The number of esters is 4. The van der Waals surface area contributed by atoms with Crippen LogP contribution in [0.3, 0.4) is 0 Å². The average Bonchev–Trinajstić information content (AvgIpc) is 0.987. The van der Waals surface area contributed by atoms with Crippen LogP contribution < -0.4 is 0 Å². The van der Waals surface area contributed by atoms with Crippen LogP contribution in [0.1, 0.15) is 413 Å². The molecule has 0 spiro atoms. The summed E-state index contributed by atoms with van der Waals surface area (Å²) in [6, 6.07) is 0. The Hall–Kier alpha value is -2.46. The van der Waals surface area contributed by atoms with Crippen molar-refractivity contribution in [1.29, 1.82) is 0 Å². The molecule has 17 nitrogen and oxygen atoms in total. The second kappa shape index (κ2) is 74.4. The molecule has 0 radical (unpaired) electrons. The van der Waals surface area contributed by atoms with E-state index in [1.54, 1.807) is 0 Å². The average molecular weight is 1480 g/mol. The minimum atomic E-state index is -4.97. The lowest BCUT2D eigenvalue weighted by atomic mass is 10.00. The lowest BCUT2D eigenvalue weighted by Gasteiger charge is -2.21. The zero-order chi connectivity index (χ0) is 74.1. The van der Waals surface area contributed by atoms with Gasteiger partial charge in [0, 0.05) is 25.7 Å². The van der Waals surface area contributed by atoms with E-state index in [1.165, 1.54) is 218 Å². The standard InChI is InChI=1S/C82H156O17P2/c1-6-10-13-16-19-22-25-28-31-33-34-36-39-42-45-48-51-58-63-67-81(86)98-77(71-92-79(84)65-60-55-49-46-43-40-38-35-32-29-26-23-20-17-14-11-7-2)73-96-100(88,89)94-69-76(83)70-95-101(90,91)97-74-78(72-93-80(85)66-61-56-53-52-54-59-64-75(5)9-4)99-82(87)68-62-57-50-47-44-41-37-30-27-24-21-18-15-12-8-3/h24,27,30,37,75-78,83H,6-23,25-26,28-29,31-36,38-74H2,1-5H3,(H,88,89)(H,90,91)/b27-24-,37-30-/t75?,76-,77-,78-/m1/s1. The summed E-state index contributed by atoms with van der Waals surface area (Å²) in [6.07, 6.45) is 68.9. The summed E-state index contributed by atoms with van der Waals surface area (Å²) in [5.74, 6) is -1.41. The molecule has 0 aliphatic heterocycles. The van der Waals surface area contributed by atoms with Gasteiger partial charge < -0.3 is 33.8 Å². The van der Waals surface area contributed by atoms with E-state index in [4.69, 9.17) is 37.0 Å². The molecular weight excluding hydrogens is 1320 g/mol. The van der Waals surface area contributed by atoms with Crippen LogP contribution in [-0.2, 0) is 65.4 Å². The van der Waals surface area contributed by atoms with Gasteiger partial charge in [-0.25, -0.2) is 9.13 Å². The van der Waals surface area contributed by atoms with Crippen molar-refractivity contribution in [3.63, 3.8) is 0 Å². The molecule has 0 aromatic carbocycles. The van der Waals surface area contributed by atoms with Gasteiger partial charge in [0.2, 0.25) is 0 Å². The lowest BCUT2D eigenvalue weighted by Crippen LogP contribution is -2.30. The van der Waals surface area contributed by atoms with E-state index >= 15 is 0 Å². The fourth-order valence-electron chi connectivity index (χ4n) is 12.2. The molecule has 0 amide bonds. The topological polar surface area (TPSA) is 237 Å². The number of carbonyl (C=O) groups excluding carboxylic acids is 4. The predicted molar refractivity (Wildman–Crippen MR) is 414 cm³/mol. The Labute approximate surface area is 618 Å². The van der Waals surface area contributed by atoms with Crippen molar-refractivity contribution in [2.24, 2.45) is 5.92 Å². The van der Waals surface area contributed by atoms with Crippen molar-refractivity contribution in [3.05, 3.63) is 24.3 Å². The fourth-order valence-corrected chi connectivity index (χ4v) is 13.8. The van der Waals surface area contributed by atoms with E-state index in [0.29, 0.717) is 25.7 Å². The molecule has 0 saturated carbocycles. The van der Waals surface area contributed by atoms with Gasteiger partial charge in [0.15, 0.2) is 12.2 Å². The van der Waals surface area contributed by atoms with Gasteiger partial charge in [-0.05, 0) is 57.3 Å². The van der Waals surface area contributed by atoms with Crippen LogP contribution >= 0.6 is 15.6 Å². The summed E-state index contributed by atoms with van der Waals surface area (Å²) in [7, 11) is -9.93. The van der Waals surface area contributed by atoms with Gasteiger partial charge in [-0.3, -0.25) is 37.3 Å². The molecule has 3 unspecified atom stereocenters. The summed E-state index contributed by atoms with van der Waals surface area (Å²) in [5.41, 5.74) is 0. The van der Waals surface area contributed by atoms with Crippen molar-refractivity contribution in [3.8, 4) is 0 Å². The summed E-state index contributed by atoms with van der Waals surface area (Å²) in [4.78, 5) is 73.0. The Morgan fingerprint density at radius 2 is 0.554 bits per heavy atom. The highest BCUT2D eigenvalue weighted by Crippen LogP contribution is 2.45. The molecule has 0 aliphatic carbocycles. The molecule has 0 heterocycles. The number of phosphoric ester groups is 2. The minimum Gasteiger partial charge on any atom is -0.462 e. The van der Waals surface area contributed by atoms with Crippen LogP contribution in [0.15, 0.2) is 24.3 Å². The van der Waals surface area contributed by atoms with Gasteiger partial charge in [0.05, 0.1) is 26.4 Å². The van der Waals surface area contributed by atoms with E-state index in [-0.39, 0.29) is 25.7 Å². The summed E-state index contributed by atoms with van der Waals surface area (Å²) in [6.45, 7) is 7.23. The largest absolute Gasteiger partial charge is 0.472 e. The highest BCUT2D eigenvalue weighted by atomic mass is 31.2. The number of aliphatic hydroxyl groups excluding tert-OH is 1. The summed E-state index contributed by atoms with van der Waals surface area (Å²) >= 11 is 0. The van der Waals surface area contributed by atoms with Gasteiger partial charge in [0.1, 0.15) is 19.3 Å². The van der Waals surface area contributed by atoms with Crippen LogP contribution in [0.2, 0.25) is 0 Å². The SMILES string of the molecule is CCCCCC/C=C\C=C/CCCCCCCC(=O)O[C@H](COC(=O)CCCCCCCCC(C)CC)COP(=O)(O)OC[C@H](O)COP(=O)(O)OC[C@@H](COC(=O)CCCCCCCCCCCCCCCCCCC)OC(=O)CCCCCCCCCCCCCCCCCCCCC. The maximum Gasteiger partial charge on any atom is 0.472 e. The molecule has 0 aromatic heterocycles. The molecule has 0 aliphatic rings. The minimum absolute atomic E-state index is 0.0846. The van der Waals surface area contributed by atoms with E-state index < -0.39 is 97.5 Å². The molecule has 19 heteroatoms. The first kappa shape index (κ1) is 98.5. The van der Waals surface area contributed by atoms with Gasteiger partial charge >= 0.3 is 39.5 Å². The number of ether oxygens (including phenoxy) is 4. The number of allylic oxidation sites excluding steroid dienone is 4. The molecule has 0 bridgehead atoms. The smallest absolute Gasteiger partial charge is 0.462 e. The van der Waals surface area contributed by atoms with Crippen molar-refractivity contribution < 1.29 is 80.2 Å². The third-order valence-electron chi connectivity index (χ3n) is 19.0. The van der Waals surface area contributed by atoms with Crippen LogP contribution in [0.5, 0.6) is 0 Å². The Balaban J connectivity index is 5.27. The number of rotatable bonds is 80. The summed E-state index contributed by atoms with van der Waals surface area (Å²) in [5, 5.41) is 10.6. The Bertz CT molecular complexity index is 2020. The first-order valence-electron chi connectivity index (χ1n) is 42.0. The molecular formula is C82H156O17P2. The number of aliphatic hydroxyl groups is 1. The van der Waals surface area contributed by atoms with Gasteiger partial charge in [-0.1, -0.05) is 361 Å². The molecule has 0 rings (SSSR count). The Morgan fingerprint density at radius 3 is 0.842 bits per heavy atom. The van der Waals surface area contributed by atoms with Gasteiger partial charge in [-0.15, -0.1) is 0 Å². The maximum absolute atomic E-state index is 13.1. The monoisotopic (exact) mass is 1480 g/mol. The first-order valence-corrected chi connectivity index (χ1v) is 45.0. The quantitative estimate of drug-likeness (QED) is 0.0169. The zero-order valence-corrected chi connectivity index (χ0v) is 67.3. The third-order valence-corrected chi connectivity index (χ3v) is 20.9. The number of carbonyl (C=O) groups is 4. The Kier molecular flexibility index (Phi) is 72.6. The summed E-state index contributed by atoms with van der Waals surface area (Å²) < 4.78 is 68.7. The van der Waals surface area contributed by atoms with E-state index in [2.05, 4.69) is 58.9 Å². The molecule has 0 aromatic rings. The van der Waals surface area contributed by atoms with E-state index in [0.717, 1.165) is 115 Å². The molecule has 0 fully saturated rings. The third kappa shape index (κ3) is 74.2. The lowest BCUT2D eigenvalue weighted by molar-refractivity contribution is -0.161. The Morgan fingerprint density at radius 1 is 0.317 bits per heavy atom. The van der Waals surface area contributed by atoms with Gasteiger partial charge in [0.25, 0.3) is 0 Å². The number of unbranched alkanes of at least 4 members (excludes halogenated alkanes) is 48. The molecule has 3 N–H and O–H groups in total. The fraction of sp³-hybridized carbons (Fsp3) is 0.902. The van der Waals surface area contributed by atoms with Crippen molar-refractivity contribution in [2.75, 3.05) is 39.6 Å². The predicted octanol–water partition coefficient (Wildman–Crippen LogP) is 24.4. The number of hydrogen-bond acceptors (Lipinski definition) is 15. The second-order valence-corrected chi connectivity index (χ2v) is 32.0. The maximum atomic E-state index is 13.1. The van der Waals surface area contributed by atoms with E-state index in [9.17, 15) is 43.2 Å². The molecule has 6 atom stereocenters. The second-order valence-electron chi connectivity index (χ2n) is 29.1. The number of phosphoric acid groups is 2. The van der Waals surface area contributed by atoms with Gasteiger partial charge in [-0.2, -0.15) is 0 Å². The highest BCUT2D eigenvalue weighted by molar-refractivity contribution is 7.47. The van der Waals surface area contributed by atoms with Crippen LogP contribution in [-0.4, -0.2) is 96.7 Å². The molecule has 101 heavy (non-hydrogen) atoms. The van der Waals surface area contributed by atoms with Crippen LogP contribution in [0.25, 0.3) is 0 Å². The van der Waals surface area contributed by atoms with Crippen LogP contribution in [0, 0.1) is 5.92 Å². The normalized spacial score (nSPS) is 14.3. The van der Waals surface area contributed by atoms with E-state index in [1.807, 2.05) is 0 Å². The highest BCUT2D eigenvalue weighted by Gasteiger charge is 2.30. The molecule has 0 saturated heterocycles. The van der Waals surface area contributed by atoms with Crippen molar-refractivity contribution in [2.45, 2.75) is 432 Å². The van der Waals surface area contributed by atoms with Crippen molar-refractivity contribution in [1.82, 2.24) is 0 Å². The van der Waals surface area contributed by atoms with Crippen molar-refractivity contribution >= 4 is 39.5 Å². The molecule has 596 valence electrons.